The van der Waals surface area contributed by atoms with Crippen molar-refractivity contribution in [3.8, 4) is 0 Å². The molecule has 5 nitrogen and oxygen atoms in total. The fourth-order valence-electron chi connectivity index (χ4n) is 1.04. The van der Waals surface area contributed by atoms with Gasteiger partial charge < -0.3 is 5.32 Å². The maximum Gasteiger partial charge on any atom is 0.224 e. The molecule has 0 heterocycles. The molecule has 0 atom stereocenters. The molecule has 0 saturated carbocycles. The Balaban J connectivity index is 3.56. The molecule has 2 N–H and O–H groups in total. The van der Waals surface area contributed by atoms with Crippen molar-refractivity contribution in [1.82, 2.24) is 15.2 Å². The molecule has 0 aliphatic heterocycles. The fourth-order valence-corrected chi connectivity index (χ4v) is 2.27. The van der Waals surface area contributed by atoms with Crippen LogP contribution >= 0.6 is 0 Å². The van der Waals surface area contributed by atoms with E-state index in [4.69, 9.17) is 0 Å². The Labute approximate surface area is 86.9 Å². The summed E-state index contributed by atoms with van der Waals surface area (Å²) < 4.78 is 22.6. The van der Waals surface area contributed by atoms with Gasteiger partial charge in [-0.15, -0.1) is 4.83 Å². The zero-order valence-electron chi connectivity index (χ0n) is 9.21. The topological polar surface area (TPSA) is 61.4 Å². The van der Waals surface area contributed by atoms with E-state index < -0.39 is 10.0 Å². The lowest BCUT2D eigenvalue weighted by molar-refractivity contribution is 0.363. The molecular weight excluding hydrogens is 202 g/mol. The minimum atomic E-state index is -3.12. The molecule has 0 aromatic heterocycles. The number of sulfonamides is 1. The number of hydrogen-bond donors (Lipinski definition) is 2. The normalized spacial score (nSPS) is 12.3. The van der Waals surface area contributed by atoms with Crippen LogP contribution in [0.4, 0.5) is 0 Å². The van der Waals surface area contributed by atoms with Gasteiger partial charge in [-0.1, -0.05) is 6.92 Å². The molecule has 0 radical (unpaired) electrons. The maximum atomic E-state index is 11.3. The monoisotopic (exact) mass is 223 g/mol. The Morgan fingerprint density at radius 1 is 1.21 bits per heavy atom. The lowest BCUT2D eigenvalue weighted by Crippen LogP contribution is -2.37. The van der Waals surface area contributed by atoms with E-state index in [1.807, 2.05) is 6.92 Å². The third kappa shape index (κ3) is 8.43. The first-order valence-electron chi connectivity index (χ1n) is 4.86. The molecule has 0 fully saturated rings. The minimum Gasteiger partial charge on any atom is -0.317 e. The number of unbranched alkanes of at least 4 members (excludes halogenated alkanes) is 1. The van der Waals surface area contributed by atoms with Gasteiger partial charge >= 0.3 is 0 Å². The van der Waals surface area contributed by atoms with E-state index in [9.17, 15) is 8.42 Å². The fraction of sp³-hybridized carbons (Fsp3) is 1.00. The summed E-state index contributed by atoms with van der Waals surface area (Å²) in [6, 6.07) is 0. The van der Waals surface area contributed by atoms with Crippen molar-refractivity contribution >= 4 is 10.0 Å². The van der Waals surface area contributed by atoms with Crippen LogP contribution < -0.4 is 10.1 Å². The molecule has 0 aromatic carbocycles. The standard InChI is InChI=1S/C8H21N3O2S/c1-4-9-7-5-6-8-14(12,13)10-11(2)3/h9-10H,4-8H2,1-3H3. The van der Waals surface area contributed by atoms with Gasteiger partial charge in [0.15, 0.2) is 0 Å². The van der Waals surface area contributed by atoms with Crippen LogP contribution in [-0.2, 0) is 10.0 Å². The van der Waals surface area contributed by atoms with E-state index in [1.165, 1.54) is 5.01 Å². The molecule has 14 heavy (non-hydrogen) atoms. The van der Waals surface area contributed by atoms with Crippen LogP contribution in [0.25, 0.3) is 0 Å². The second kappa shape index (κ2) is 7.17. The van der Waals surface area contributed by atoms with Crippen molar-refractivity contribution in [2.24, 2.45) is 0 Å². The van der Waals surface area contributed by atoms with Crippen molar-refractivity contribution in [2.45, 2.75) is 19.8 Å². The summed E-state index contributed by atoms with van der Waals surface area (Å²) >= 11 is 0. The first-order valence-corrected chi connectivity index (χ1v) is 6.51. The van der Waals surface area contributed by atoms with Crippen molar-refractivity contribution in [3.63, 3.8) is 0 Å². The summed E-state index contributed by atoms with van der Waals surface area (Å²) in [4.78, 5) is 2.40. The highest BCUT2D eigenvalue weighted by Crippen LogP contribution is 1.93. The SMILES string of the molecule is CCNCCCCS(=O)(=O)NN(C)C. The molecule has 0 unspecified atom stereocenters. The predicted octanol–water partition coefficient (Wildman–Crippen LogP) is -0.228. The highest BCUT2D eigenvalue weighted by molar-refractivity contribution is 7.89. The van der Waals surface area contributed by atoms with Gasteiger partial charge in [-0.05, 0) is 25.9 Å². The van der Waals surface area contributed by atoms with E-state index in [0.29, 0.717) is 6.42 Å². The molecule has 0 rings (SSSR count). The first kappa shape index (κ1) is 13.8. The second-order valence-electron chi connectivity index (χ2n) is 3.37. The molecule has 0 spiro atoms. The highest BCUT2D eigenvalue weighted by atomic mass is 32.2. The molecule has 6 heteroatoms. The summed E-state index contributed by atoms with van der Waals surface area (Å²) in [6.45, 7) is 3.85. The minimum absolute atomic E-state index is 0.191. The lowest BCUT2D eigenvalue weighted by atomic mass is 10.3. The molecule has 0 aromatic rings. The molecular formula is C8H21N3O2S. The van der Waals surface area contributed by atoms with Gasteiger partial charge in [-0.3, -0.25) is 0 Å². The summed E-state index contributed by atoms with van der Waals surface area (Å²) in [6.07, 6.45) is 1.58. The molecule has 0 bridgehead atoms. The zero-order valence-corrected chi connectivity index (χ0v) is 10.0. The van der Waals surface area contributed by atoms with Crippen LogP contribution in [0.15, 0.2) is 0 Å². The lowest BCUT2D eigenvalue weighted by Gasteiger charge is -2.12. The Morgan fingerprint density at radius 3 is 2.36 bits per heavy atom. The van der Waals surface area contributed by atoms with Gasteiger partial charge in [0.1, 0.15) is 0 Å². The van der Waals surface area contributed by atoms with Gasteiger partial charge in [-0.2, -0.15) is 0 Å². The van der Waals surface area contributed by atoms with Crippen LogP contribution in [-0.4, -0.2) is 46.4 Å². The Morgan fingerprint density at radius 2 is 1.86 bits per heavy atom. The quantitative estimate of drug-likeness (QED) is 0.441. The van der Waals surface area contributed by atoms with Crippen molar-refractivity contribution in [2.75, 3.05) is 32.9 Å². The summed E-state index contributed by atoms with van der Waals surface area (Å²) in [5.74, 6) is 0.191. The number of rotatable bonds is 8. The maximum absolute atomic E-state index is 11.3. The highest BCUT2D eigenvalue weighted by Gasteiger charge is 2.09. The largest absolute Gasteiger partial charge is 0.317 e. The van der Waals surface area contributed by atoms with E-state index >= 15 is 0 Å². The van der Waals surface area contributed by atoms with Crippen molar-refractivity contribution in [1.29, 1.82) is 0 Å². The smallest absolute Gasteiger partial charge is 0.224 e. The summed E-state index contributed by atoms with van der Waals surface area (Å²) in [5, 5.41) is 4.59. The number of hydrazine groups is 1. The third-order valence-corrected chi connectivity index (χ3v) is 3.06. The summed E-state index contributed by atoms with van der Waals surface area (Å²) in [7, 11) is 0.206. The van der Waals surface area contributed by atoms with Gasteiger partial charge in [0.2, 0.25) is 10.0 Å². The zero-order chi connectivity index (χ0) is 11.0. The van der Waals surface area contributed by atoms with E-state index in [1.54, 1.807) is 14.1 Å². The number of hydrogen-bond acceptors (Lipinski definition) is 4. The van der Waals surface area contributed by atoms with Gasteiger partial charge in [0.05, 0.1) is 5.75 Å². The van der Waals surface area contributed by atoms with Crippen LogP contribution in [0.5, 0.6) is 0 Å². The first-order chi connectivity index (χ1) is 6.48. The van der Waals surface area contributed by atoms with E-state index in [-0.39, 0.29) is 5.75 Å². The Kier molecular flexibility index (Phi) is 7.08. The average Bonchev–Trinajstić information content (AvgIpc) is 2.01. The third-order valence-electron chi connectivity index (χ3n) is 1.59. The van der Waals surface area contributed by atoms with Crippen LogP contribution in [0.3, 0.4) is 0 Å². The van der Waals surface area contributed by atoms with E-state index in [2.05, 4.69) is 10.1 Å². The van der Waals surface area contributed by atoms with Gasteiger partial charge in [-0.25, -0.2) is 13.4 Å². The summed E-state index contributed by atoms with van der Waals surface area (Å²) in [5.41, 5.74) is 0. The van der Waals surface area contributed by atoms with Crippen molar-refractivity contribution < 1.29 is 8.42 Å². The van der Waals surface area contributed by atoms with Crippen LogP contribution in [0.2, 0.25) is 0 Å². The van der Waals surface area contributed by atoms with Crippen molar-refractivity contribution in [3.05, 3.63) is 0 Å². The molecule has 0 amide bonds. The Hall–Kier alpha value is -0.170. The molecule has 0 saturated heterocycles. The second-order valence-corrected chi connectivity index (χ2v) is 5.19. The molecule has 86 valence electrons. The van der Waals surface area contributed by atoms with Crippen LogP contribution in [0.1, 0.15) is 19.8 Å². The van der Waals surface area contributed by atoms with Gasteiger partial charge in [0, 0.05) is 14.1 Å². The molecule has 0 aliphatic rings. The van der Waals surface area contributed by atoms with Crippen LogP contribution in [0, 0.1) is 0 Å². The van der Waals surface area contributed by atoms with Gasteiger partial charge in [0.25, 0.3) is 0 Å². The molecule has 0 aliphatic carbocycles. The Bertz CT molecular complexity index is 227. The predicted molar refractivity (Wildman–Crippen MR) is 58.4 cm³/mol. The van der Waals surface area contributed by atoms with E-state index in [0.717, 1.165) is 19.5 Å². The average molecular weight is 223 g/mol. The number of nitrogens with one attached hydrogen (secondary N) is 2. The number of nitrogens with zero attached hydrogens (tertiary/aromatic N) is 1.